The maximum atomic E-state index is 9.39. The van der Waals surface area contributed by atoms with Crippen molar-refractivity contribution in [2.75, 3.05) is 0 Å². The van der Waals surface area contributed by atoms with Crippen LogP contribution < -0.4 is 0 Å². The van der Waals surface area contributed by atoms with Crippen LogP contribution in [0.3, 0.4) is 0 Å². The molecule has 0 bridgehead atoms. The van der Waals surface area contributed by atoms with Gasteiger partial charge in [-0.15, -0.1) is 0 Å². The van der Waals surface area contributed by atoms with Gasteiger partial charge in [0.1, 0.15) is 5.15 Å². The number of fused-ring (bicyclic) bond motifs is 1. The molecule has 1 aromatic heterocycles. The molecule has 2 nitrogen and oxygen atoms in total. The topological polar surface area (TPSA) is 25.2 Å². The van der Waals surface area contributed by atoms with E-state index in [9.17, 15) is 5.11 Å². The fraction of sp³-hybridized carbons (Fsp3) is 0.385. The monoisotopic (exact) mass is 237 g/mol. The highest BCUT2D eigenvalue weighted by atomic mass is 35.5. The van der Waals surface area contributed by atoms with Crippen molar-refractivity contribution in [2.45, 2.75) is 33.4 Å². The van der Waals surface area contributed by atoms with Crippen molar-refractivity contribution in [3.05, 3.63) is 34.5 Å². The second kappa shape index (κ2) is 4.48. The predicted molar refractivity (Wildman–Crippen MR) is 67.9 cm³/mol. The molecule has 1 aromatic carbocycles. The Morgan fingerprint density at radius 3 is 2.62 bits per heavy atom. The lowest BCUT2D eigenvalue weighted by Crippen LogP contribution is -1.93. The molecule has 0 aliphatic rings. The lowest BCUT2D eigenvalue weighted by molar-refractivity contribution is 0.283. The molecule has 0 amide bonds. The zero-order chi connectivity index (χ0) is 11.7. The molecule has 3 heteroatoms. The largest absolute Gasteiger partial charge is 0.392 e. The first-order valence-corrected chi connectivity index (χ1v) is 6.01. The maximum absolute atomic E-state index is 9.39. The number of benzene rings is 1. The molecule has 1 N–H and O–H groups in total. The molecular weight excluding hydrogens is 222 g/mol. The summed E-state index contributed by atoms with van der Waals surface area (Å²) in [5.41, 5.74) is 3.22. The molecule has 0 saturated carbocycles. The van der Waals surface area contributed by atoms with Crippen molar-refractivity contribution in [1.82, 2.24) is 4.57 Å². The van der Waals surface area contributed by atoms with Gasteiger partial charge in [-0.25, -0.2) is 0 Å². The van der Waals surface area contributed by atoms with Crippen molar-refractivity contribution in [1.29, 1.82) is 0 Å². The van der Waals surface area contributed by atoms with Crippen LogP contribution in [-0.4, -0.2) is 9.67 Å². The van der Waals surface area contributed by atoms with Crippen LogP contribution in [0, 0.1) is 0 Å². The zero-order valence-electron chi connectivity index (χ0n) is 9.63. The Morgan fingerprint density at radius 2 is 2.06 bits per heavy atom. The molecule has 0 atom stereocenters. The quantitative estimate of drug-likeness (QED) is 0.870. The summed E-state index contributed by atoms with van der Waals surface area (Å²) in [7, 11) is 0. The number of aliphatic hydroxyl groups excluding tert-OH is 1. The molecule has 0 aliphatic carbocycles. The van der Waals surface area contributed by atoms with Crippen LogP contribution in [0.1, 0.15) is 25.0 Å². The molecule has 2 rings (SSSR count). The minimum absolute atomic E-state index is 0.00446. The Balaban J connectivity index is 2.78. The molecule has 2 aromatic rings. The Morgan fingerprint density at radius 1 is 1.31 bits per heavy atom. The van der Waals surface area contributed by atoms with E-state index >= 15 is 0 Å². The van der Waals surface area contributed by atoms with Gasteiger partial charge in [-0.05, 0) is 31.0 Å². The summed E-state index contributed by atoms with van der Waals surface area (Å²) in [4.78, 5) is 0. The van der Waals surface area contributed by atoms with Crippen LogP contribution >= 0.6 is 11.6 Å². The standard InChI is InChI=1S/C13H16ClNO/c1-3-9-5-6-12-10(7-9)11(8-16)13(14)15(12)4-2/h5-7,16H,3-4,8H2,1-2H3. The summed E-state index contributed by atoms with van der Waals surface area (Å²) in [5.74, 6) is 0. The van der Waals surface area contributed by atoms with E-state index in [4.69, 9.17) is 11.6 Å². The summed E-state index contributed by atoms with van der Waals surface area (Å²) in [6, 6.07) is 6.33. The lowest BCUT2D eigenvalue weighted by Gasteiger charge is -2.02. The second-order valence-corrected chi connectivity index (χ2v) is 4.23. The fourth-order valence-electron chi connectivity index (χ4n) is 2.12. The smallest absolute Gasteiger partial charge is 0.115 e. The van der Waals surface area contributed by atoms with Gasteiger partial charge in [0.05, 0.1) is 6.61 Å². The van der Waals surface area contributed by atoms with Gasteiger partial charge in [0, 0.05) is 23.0 Å². The van der Waals surface area contributed by atoms with Gasteiger partial charge < -0.3 is 9.67 Å². The fourth-order valence-corrected chi connectivity index (χ4v) is 2.49. The first-order valence-electron chi connectivity index (χ1n) is 5.63. The van der Waals surface area contributed by atoms with Crippen molar-refractivity contribution < 1.29 is 5.11 Å². The number of nitrogens with zero attached hydrogens (tertiary/aromatic N) is 1. The summed E-state index contributed by atoms with van der Waals surface area (Å²) in [6.07, 6.45) is 0.996. The average molecular weight is 238 g/mol. The van der Waals surface area contributed by atoms with E-state index < -0.39 is 0 Å². The third-order valence-corrected chi connectivity index (χ3v) is 3.48. The highest BCUT2D eigenvalue weighted by Gasteiger charge is 2.13. The number of aliphatic hydroxyl groups is 1. The molecule has 0 saturated heterocycles. The van der Waals surface area contributed by atoms with Crippen LogP contribution in [0.25, 0.3) is 10.9 Å². The summed E-state index contributed by atoms with van der Waals surface area (Å²) in [5, 5.41) is 11.1. The number of hydrogen-bond acceptors (Lipinski definition) is 1. The van der Waals surface area contributed by atoms with Crippen molar-refractivity contribution in [2.24, 2.45) is 0 Å². The maximum Gasteiger partial charge on any atom is 0.115 e. The van der Waals surface area contributed by atoms with E-state index in [1.165, 1.54) is 5.56 Å². The van der Waals surface area contributed by atoms with Gasteiger partial charge in [0.25, 0.3) is 0 Å². The Kier molecular flexibility index (Phi) is 3.22. The molecule has 16 heavy (non-hydrogen) atoms. The van der Waals surface area contributed by atoms with E-state index in [2.05, 4.69) is 32.0 Å². The third-order valence-electron chi connectivity index (χ3n) is 3.05. The number of rotatable bonds is 3. The van der Waals surface area contributed by atoms with Crippen LogP contribution in [0.5, 0.6) is 0 Å². The SMILES string of the molecule is CCc1ccc2c(c1)c(CO)c(Cl)n2CC. The molecule has 1 heterocycles. The predicted octanol–water partition coefficient (Wildman–Crippen LogP) is 3.37. The van der Waals surface area contributed by atoms with Crippen LogP contribution in [0.4, 0.5) is 0 Å². The molecule has 86 valence electrons. The number of aromatic nitrogens is 1. The van der Waals surface area contributed by atoms with Gasteiger partial charge in [-0.2, -0.15) is 0 Å². The molecule has 0 fully saturated rings. The minimum atomic E-state index is -0.00446. The molecule has 0 spiro atoms. The normalized spacial score (nSPS) is 11.2. The highest BCUT2D eigenvalue weighted by Crippen LogP contribution is 2.30. The summed E-state index contributed by atoms with van der Waals surface area (Å²) in [6.45, 7) is 4.99. The first kappa shape index (κ1) is 11.5. The number of halogens is 1. The van der Waals surface area contributed by atoms with Crippen LogP contribution in [0.15, 0.2) is 18.2 Å². The summed E-state index contributed by atoms with van der Waals surface area (Å²) >= 11 is 6.25. The van der Waals surface area contributed by atoms with Gasteiger partial charge in [-0.1, -0.05) is 24.6 Å². The number of hydrogen-bond donors (Lipinski definition) is 1. The van der Waals surface area contributed by atoms with Crippen LogP contribution in [-0.2, 0) is 19.6 Å². The van der Waals surface area contributed by atoms with E-state index in [1.807, 2.05) is 4.57 Å². The van der Waals surface area contributed by atoms with E-state index in [-0.39, 0.29) is 6.61 Å². The lowest BCUT2D eigenvalue weighted by atomic mass is 10.1. The van der Waals surface area contributed by atoms with Gasteiger partial charge >= 0.3 is 0 Å². The van der Waals surface area contributed by atoms with E-state index in [0.717, 1.165) is 29.4 Å². The van der Waals surface area contributed by atoms with E-state index in [1.54, 1.807) is 0 Å². The molecular formula is C13H16ClNO. The van der Waals surface area contributed by atoms with Gasteiger partial charge in [-0.3, -0.25) is 0 Å². The van der Waals surface area contributed by atoms with Crippen molar-refractivity contribution >= 4 is 22.5 Å². The molecule has 0 aliphatic heterocycles. The van der Waals surface area contributed by atoms with Crippen molar-refractivity contribution in [3.8, 4) is 0 Å². The third kappa shape index (κ3) is 1.62. The number of aryl methyl sites for hydroxylation is 2. The van der Waals surface area contributed by atoms with Gasteiger partial charge in [0.2, 0.25) is 0 Å². The second-order valence-electron chi connectivity index (χ2n) is 3.88. The molecule has 0 unspecified atom stereocenters. The van der Waals surface area contributed by atoms with Crippen molar-refractivity contribution in [3.63, 3.8) is 0 Å². The zero-order valence-corrected chi connectivity index (χ0v) is 10.4. The highest BCUT2D eigenvalue weighted by molar-refractivity contribution is 6.32. The van der Waals surface area contributed by atoms with Crippen LogP contribution in [0.2, 0.25) is 5.15 Å². The molecule has 0 radical (unpaired) electrons. The van der Waals surface area contributed by atoms with E-state index in [0.29, 0.717) is 5.15 Å². The Bertz CT molecular complexity index is 516. The minimum Gasteiger partial charge on any atom is -0.392 e. The Labute approximate surface area is 100 Å². The average Bonchev–Trinajstić information content (AvgIpc) is 2.59. The first-order chi connectivity index (χ1) is 7.72. The van der Waals surface area contributed by atoms with Gasteiger partial charge in [0.15, 0.2) is 0 Å². The summed E-state index contributed by atoms with van der Waals surface area (Å²) < 4.78 is 2.03. The Hall–Kier alpha value is -0.990.